The molecule has 0 atom stereocenters. The van der Waals surface area contributed by atoms with Gasteiger partial charge in [-0.3, -0.25) is 4.79 Å². The number of nitrogens with one attached hydrogen (secondary N) is 1. The number of aryl methyl sites for hydroxylation is 1. The van der Waals surface area contributed by atoms with Crippen molar-refractivity contribution < 1.29 is 23.9 Å². The fraction of sp³-hybridized carbons (Fsp3) is 0.182. The first-order valence-corrected chi connectivity index (χ1v) is 9.69. The maximum atomic E-state index is 12.5. The predicted molar refractivity (Wildman–Crippen MR) is 114 cm³/mol. The molecule has 2 aromatic carbocycles. The number of aromatic nitrogens is 2. The summed E-state index contributed by atoms with van der Waals surface area (Å²) in [6, 6.07) is 15.7. The average Bonchev–Trinajstić information content (AvgIpc) is 3.05. The fourth-order valence-electron chi connectivity index (χ4n) is 2.85. The smallest absolute Gasteiger partial charge is 0.343 e. The first-order chi connectivity index (χ1) is 14.9. The molecule has 1 N–H and O–H groups in total. The molecule has 31 heavy (non-hydrogen) atoms. The van der Waals surface area contributed by atoms with Crippen molar-refractivity contribution in [3.8, 4) is 0 Å². The maximum absolute atomic E-state index is 12.5. The quantitative estimate of drug-likeness (QED) is 0.563. The lowest BCUT2D eigenvalue weighted by Gasteiger charge is -2.07. The number of nitrogens with zero attached hydrogens (tertiary/aromatic N) is 2. The molecule has 0 bridgehead atoms. The van der Waals surface area contributed by atoms with Crippen molar-refractivity contribution in [1.29, 1.82) is 0 Å². The van der Waals surface area contributed by atoms with E-state index in [1.54, 1.807) is 19.1 Å². The molecular formula is C22H20ClN3O5. The van der Waals surface area contributed by atoms with Crippen molar-refractivity contribution in [2.75, 3.05) is 19.0 Å². The van der Waals surface area contributed by atoms with Gasteiger partial charge in [0.25, 0.3) is 5.91 Å². The number of benzene rings is 2. The van der Waals surface area contributed by atoms with E-state index in [1.165, 1.54) is 23.9 Å². The molecule has 0 radical (unpaired) electrons. The van der Waals surface area contributed by atoms with E-state index in [2.05, 4.69) is 15.2 Å². The summed E-state index contributed by atoms with van der Waals surface area (Å²) >= 11 is 6.33. The molecular weight excluding hydrogens is 422 g/mol. The Morgan fingerprint density at radius 2 is 1.71 bits per heavy atom. The molecule has 0 saturated carbocycles. The van der Waals surface area contributed by atoms with E-state index in [1.807, 2.05) is 30.3 Å². The van der Waals surface area contributed by atoms with Crippen LogP contribution < -0.4 is 5.32 Å². The van der Waals surface area contributed by atoms with Crippen LogP contribution >= 0.6 is 11.6 Å². The number of amides is 1. The predicted octanol–water partition coefficient (Wildman–Crippen LogP) is 3.48. The SMILES string of the molecule is COC(=O)c1ccc(NC(=O)COC(=O)c2c(C)nn(Cc3ccccc3)c2Cl)cc1. The lowest BCUT2D eigenvalue weighted by molar-refractivity contribution is -0.119. The van der Waals surface area contributed by atoms with Gasteiger partial charge in [0.2, 0.25) is 0 Å². The summed E-state index contributed by atoms with van der Waals surface area (Å²) in [4.78, 5) is 36.0. The van der Waals surface area contributed by atoms with E-state index in [4.69, 9.17) is 16.3 Å². The number of anilines is 1. The highest BCUT2D eigenvalue weighted by Gasteiger charge is 2.22. The normalized spacial score (nSPS) is 10.4. The van der Waals surface area contributed by atoms with Crippen LogP contribution in [0.2, 0.25) is 5.15 Å². The van der Waals surface area contributed by atoms with Crippen LogP contribution in [-0.2, 0) is 20.8 Å². The third-order valence-electron chi connectivity index (χ3n) is 4.37. The van der Waals surface area contributed by atoms with Gasteiger partial charge in [-0.2, -0.15) is 5.10 Å². The molecule has 1 aromatic heterocycles. The number of esters is 2. The maximum Gasteiger partial charge on any atom is 0.343 e. The number of rotatable bonds is 7. The Balaban J connectivity index is 1.59. The number of halogens is 1. The number of methoxy groups -OCH3 is 1. The zero-order chi connectivity index (χ0) is 22.4. The summed E-state index contributed by atoms with van der Waals surface area (Å²) in [5.41, 5.74) is 2.30. The molecule has 1 heterocycles. The minimum Gasteiger partial charge on any atom is -0.465 e. The molecule has 0 fully saturated rings. The molecule has 0 saturated heterocycles. The molecule has 9 heteroatoms. The van der Waals surface area contributed by atoms with E-state index in [0.29, 0.717) is 23.5 Å². The first kappa shape index (κ1) is 22.0. The van der Waals surface area contributed by atoms with Crippen LogP contribution in [0.1, 0.15) is 32.0 Å². The fourth-order valence-corrected chi connectivity index (χ4v) is 3.17. The molecule has 1 amide bonds. The van der Waals surface area contributed by atoms with Gasteiger partial charge in [0, 0.05) is 5.69 Å². The number of hydrogen-bond acceptors (Lipinski definition) is 6. The Morgan fingerprint density at radius 3 is 2.35 bits per heavy atom. The highest BCUT2D eigenvalue weighted by Crippen LogP contribution is 2.22. The summed E-state index contributed by atoms with van der Waals surface area (Å²) in [7, 11) is 1.28. The summed E-state index contributed by atoms with van der Waals surface area (Å²) in [6.45, 7) is 1.54. The van der Waals surface area contributed by atoms with Crippen LogP contribution in [0, 0.1) is 6.92 Å². The minimum absolute atomic E-state index is 0.118. The van der Waals surface area contributed by atoms with Crippen molar-refractivity contribution >= 4 is 35.1 Å². The second kappa shape index (κ2) is 9.90. The van der Waals surface area contributed by atoms with E-state index in [-0.39, 0.29) is 10.7 Å². The number of ether oxygens (including phenoxy) is 2. The van der Waals surface area contributed by atoms with Gasteiger partial charge in [0.15, 0.2) is 6.61 Å². The monoisotopic (exact) mass is 441 g/mol. The van der Waals surface area contributed by atoms with Crippen molar-refractivity contribution in [3.05, 3.63) is 82.1 Å². The molecule has 160 valence electrons. The van der Waals surface area contributed by atoms with Gasteiger partial charge in [0.05, 0.1) is 24.9 Å². The van der Waals surface area contributed by atoms with E-state index >= 15 is 0 Å². The van der Waals surface area contributed by atoms with Crippen LogP contribution in [0.4, 0.5) is 5.69 Å². The number of carbonyl (C=O) groups excluding carboxylic acids is 3. The molecule has 0 unspecified atom stereocenters. The Hall–Kier alpha value is -3.65. The summed E-state index contributed by atoms with van der Waals surface area (Å²) in [5.74, 6) is -1.76. The van der Waals surface area contributed by atoms with E-state index in [0.717, 1.165) is 5.56 Å². The lowest BCUT2D eigenvalue weighted by atomic mass is 10.2. The molecule has 0 aliphatic heterocycles. The minimum atomic E-state index is -0.738. The van der Waals surface area contributed by atoms with Crippen molar-refractivity contribution in [1.82, 2.24) is 9.78 Å². The van der Waals surface area contributed by atoms with Gasteiger partial charge in [-0.15, -0.1) is 0 Å². The van der Waals surface area contributed by atoms with E-state index < -0.39 is 24.5 Å². The Labute approximate surface area is 183 Å². The summed E-state index contributed by atoms with van der Waals surface area (Å²) < 4.78 is 11.2. The largest absolute Gasteiger partial charge is 0.465 e. The molecule has 8 nitrogen and oxygen atoms in total. The Kier molecular flexibility index (Phi) is 7.04. The van der Waals surface area contributed by atoms with Gasteiger partial charge in [-0.25, -0.2) is 14.3 Å². The van der Waals surface area contributed by atoms with Gasteiger partial charge in [-0.05, 0) is 36.8 Å². The first-order valence-electron chi connectivity index (χ1n) is 9.31. The van der Waals surface area contributed by atoms with E-state index in [9.17, 15) is 14.4 Å². The zero-order valence-electron chi connectivity index (χ0n) is 16.9. The highest BCUT2D eigenvalue weighted by atomic mass is 35.5. The summed E-state index contributed by atoms with van der Waals surface area (Å²) in [5, 5.41) is 7.02. The van der Waals surface area contributed by atoms with Gasteiger partial charge in [0.1, 0.15) is 10.7 Å². The van der Waals surface area contributed by atoms with Crippen LogP contribution in [0.5, 0.6) is 0 Å². The topological polar surface area (TPSA) is 99.5 Å². The molecule has 0 aliphatic rings. The third kappa shape index (κ3) is 5.49. The second-order valence-corrected chi connectivity index (χ2v) is 6.95. The van der Waals surface area contributed by atoms with Crippen molar-refractivity contribution in [2.45, 2.75) is 13.5 Å². The molecule has 3 aromatic rings. The molecule has 3 rings (SSSR count). The average molecular weight is 442 g/mol. The van der Waals surface area contributed by atoms with Gasteiger partial charge >= 0.3 is 11.9 Å². The number of carbonyl (C=O) groups is 3. The van der Waals surface area contributed by atoms with Crippen LogP contribution in [0.3, 0.4) is 0 Å². The second-order valence-electron chi connectivity index (χ2n) is 6.59. The zero-order valence-corrected chi connectivity index (χ0v) is 17.7. The Morgan fingerprint density at radius 1 is 1.03 bits per heavy atom. The number of hydrogen-bond donors (Lipinski definition) is 1. The molecule has 0 aliphatic carbocycles. The van der Waals surface area contributed by atoms with Gasteiger partial charge in [-0.1, -0.05) is 41.9 Å². The Bertz CT molecular complexity index is 1090. The van der Waals surface area contributed by atoms with Crippen LogP contribution in [0.25, 0.3) is 0 Å². The summed E-state index contributed by atoms with van der Waals surface area (Å²) in [6.07, 6.45) is 0. The molecule has 0 spiro atoms. The third-order valence-corrected chi connectivity index (χ3v) is 4.75. The van der Waals surface area contributed by atoms with Crippen LogP contribution in [-0.4, -0.2) is 41.3 Å². The highest BCUT2D eigenvalue weighted by molar-refractivity contribution is 6.32. The van der Waals surface area contributed by atoms with Crippen molar-refractivity contribution in [3.63, 3.8) is 0 Å². The lowest BCUT2D eigenvalue weighted by Crippen LogP contribution is -2.21. The standard InChI is InChI=1S/C22H20ClN3O5/c1-14-19(20(23)26(25-14)12-15-6-4-3-5-7-15)22(29)31-13-18(27)24-17-10-8-16(9-11-17)21(28)30-2/h3-11H,12-13H2,1-2H3,(H,24,27). The van der Waals surface area contributed by atoms with Gasteiger partial charge < -0.3 is 14.8 Å². The van der Waals surface area contributed by atoms with Crippen molar-refractivity contribution in [2.24, 2.45) is 0 Å². The van der Waals surface area contributed by atoms with Crippen LogP contribution in [0.15, 0.2) is 54.6 Å².